The molecule has 3 aromatic rings. The maximum atomic E-state index is 13.8. The van der Waals surface area contributed by atoms with Crippen molar-refractivity contribution in [1.82, 2.24) is 9.62 Å². The van der Waals surface area contributed by atoms with Crippen LogP contribution in [0.3, 0.4) is 0 Å². The molecule has 38 heavy (non-hydrogen) atoms. The predicted octanol–water partition coefficient (Wildman–Crippen LogP) is 3.96. The third kappa shape index (κ3) is 5.62. The molecule has 0 unspecified atom stereocenters. The molecule has 10 heteroatoms. The van der Waals surface area contributed by atoms with Gasteiger partial charge in [0.05, 0.1) is 23.0 Å². The SMILES string of the molecule is O=C(NCc1ccccc1)[C@H]1CN(C(=O)[C@@H]2CCCN(S(=O)(=O)c3ccc(Br)cc3)C2)c2ccccc2O1. The van der Waals surface area contributed by atoms with Crippen LogP contribution in [0.4, 0.5) is 5.69 Å². The minimum atomic E-state index is -3.74. The van der Waals surface area contributed by atoms with Gasteiger partial charge in [-0.3, -0.25) is 9.59 Å². The molecule has 0 aromatic heterocycles. The largest absolute Gasteiger partial charge is 0.477 e. The van der Waals surface area contributed by atoms with E-state index in [1.165, 1.54) is 4.31 Å². The van der Waals surface area contributed by atoms with Crippen molar-refractivity contribution < 1.29 is 22.7 Å². The molecule has 2 amide bonds. The van der Waals surface area contributed by atoms with Crippen molar-refractivity contribution in [1.29, 1.82) is 0 Å². The molecule has 8 nitrogen and oxygen atoms in total. The lowest BCUT2D eigenvalue weighted by Gasteiger charge is -2.38. The molecule has 0 aliphatic carbocycles. The molecule has 5 rings (SSSR count). The Bertz CT molecular complexity index is 1420. The first kappa shape index (κ1) is 26.4. The topological polar surface area (TPSA) is 96.0 Å². The van der Waals surface area contributed by atoms with Crippen LogP contribution in [0.15, 0.2) is 88.2 Å². The number of carbonyl (C=O) groups is 2. The number of rotatable bonds is 6. The van der Waals surface area contributed by atoms with Gasteiger partial charge in [0.1, 0.15) is 5.75 Å². The number of halogens is 1. The summed E-state index contributed by atoms with van der Waals surface area (Å²) >= 11 is 3.33. The van der Waals surface area contributed by atoms with Gasteiger partial charge in [-0.2, -0.15) is 4.31 Å². The molecule has 3 aromatic carbocycles. The second-order valence-electron chi connectivity index (χ2n) is 9.38. The molecule has 2 aliphatic rings. The highest BCUT2D eigenvalue weighted by atomic mass is 79.9. The van der Waals surface area contributed by atoms with E-state index < -0.39 is 22.0 Å². The average molecular weight is 599 g/mol. The molecule has 1 fully saturated rings. The zero-order valence-electron chi connectivity index (χ0n) is 20.6. The summed E-state index contributed by atoms with van der Waals surface area (Å²) in [6.07, 6.45) is 0.248. The van der Waals surface area contributed by atoms with Gasteiger partial charge in [0.15, 0.2) is 6.10 Å². The molecule has 0 bridgehead atoms. The van der Waals surface area contributed by atoms with E-state index in [2.05, 4.69) is 21.2 Å². The fraction of sp³-hybridized carbons (Fsp3) is 0.286. The lowest BCUT2D eigenvalue weighted by atomic mass is 9.97. The molecule has 0 spiro atoms. The molecule has 1 saturated heterocycles. The number of para-hydroxylation sites is 2. The van der Waals surface area contributed by atoms with E-state index in [1.54, 1.807) is 47.4 Å². The monoisotopic (exact) mass is 597 g/mol. The Labute approximate surface area is 230 Å². The summed E-state index contributed by atoms with van der Waals surface area (Å²) < 4.78 is 34.7. The lowest BCUT2D eigenvalue weighted by Crippen LogP contribution is -2.53. The van der Waals surface area contributed by atoms with Crippen LogP contribution in [0.5, 0.6) is 5.75 Å². The summed E-state index contributed by atoms with van der Waals surface area (Å²) in [5.74, 6) is -0.614. The Kier molecular flexibility index (Phi) is 7.83. The summed E-state index contributed by atoms with van der Waals surface area (Å²) in [4.78, 5) is 28.6. The number of amides is 2. The van der Waals surface area contributed by atoms with Gasteiger partial charge >= 0.3 is 0 Å². The van der Waals surface area contributed by atoms with Crippen LogP contribution in [0.2, 0.25) is 0 Å². The van der Waals surface area contributed by atoms with Crippen LogP contribution in [0.1, 0.15) is 18.4 Å². The van der Waals surface area contributed by atoms with Crippen LogP contribution >= 0.6 is 15.9 Å². The van der Waals surface area contributed by atoms with Gasteiger partial charge in [0.2, 0.25) is 15.9 Å². The number of piperidine rings is 1. The summed E-state index contributed by atoms with van der Waals surface area (Å²) in [5, 5.41) is 2.89. The van der Waals surface area contributed by atoms with Gasteiger partial charge in [0.25, 0.3) is 5.91 Å². The van der Waals surface area contributed by atoms with Gasteiger partial charge in [0, 0.05) is 24.1 Å². The first-order chi connectivity index (χ1) is 18.3. The van der Waals surface area contributed by atoms with Crippen LogP contribution in [-0.4, -0.2) is 50.3 Å². The number of fused-ring (bicyclic) bond motifs is 1. The number of carbonyl (C=O) groups excluding carboxylic acids is 2. The zero-order valence-corrected chi connectivity index (χ0v) is 23.0. The van der Waals surface area contributed by atoms with Crippen molar-refractivity contribution in [3.05, 3.63) is 88.9 Å². The number of hydrogen-bond donors (Lipinski definition) is 1. The summed E-state index contributed by atoms with van der Waals surface area (Å²) in [5.41, 5.74) is 1.54. The zero-order chi connectivity index (χ0) is 26.7. The molecular formula is C28H28BrN3O5S. The Hall–Kier alpha value is -3.21. The third-order valence-corrected chi connectivity index (χ3v) is 9.23. The summed E-state index contributed by atoms with van der Waals surface area (Å²) in [7, 11) is -3.74. The van der Waals surface area contributed by atoms with Crippen molar-refractivity contribution in [3.8, 4) is 5.75 Å². The Morgan fingerprint density at radius 2 is 1.66 bits per heavy atom. The maximum Gasteiger partial charge on any atom is 0.263 e. The predicted molar refractivity (Wildman–Crippen MR) is 147 cm³/mol. The van der Waals surface area contributed by atoms with E-state index in [4.69, 9.17) is 4.74 Å². The quantitative estimate of drug-likeness (QED) is 0.464. The van der Waals surface area contributed by atoms with Gasteiger partial charge in [-0.1, -0.05) is 58.4 Å². The Morgan fingerprint density at radius 3 is 2.42 bits per heavy atom. The van der Waals surface area contributed by atoms with Gasteiger partial charge in [-0.25, -0.2) is 8.42 Å². The van der Waals surface area contributed by atoms with Crippen molar-refractivity contribution >= 4 is 43.5 Å². The molecule has 2 aliphatic heterocycles. The van der Waals surface area contributed by atoms with E-state index in [-0.39, 0.29) is 29.8 Å². The molecule has 1 N–H and O–H groups in total. The van der Waals surface area contributed by atoms with Crippen molar-refractivity contribution in [3.63, 3.8) is 0 Å². The van der Waals surface area contributed by atoms with Crippen molar-refractivity contribution in [2.24, 2.45) is 5.92 Å². The molecule has 2 heterocycles. The van der Waals surface area contributed by atoms with E-state index >= 15 is 0 Å². The van der Waals surface area contributed by atoms with E-state index in [1.807, 2.05) is 36.4 Å². The van der Waals surface area contributed by atoms with Gasteiger partial charge in [-0.15, -0.1) is 0 Å². The van der Waals surface area contributed by atoms with Crippen LogP contribution in [0, 0.1) is 5.92 Å². The molecule has 2 atom stereocenters. The first-order valence-corrected chi connectivity index (χ1v) is 14.7. The second-order valence-corrected chi connectivity index (χ2v) is 12.2. The van der Waals surface area contributed by atoms with Crippen LogP contribution in [0.25, 0.3) is 0 Å². The standard InChI is InChI=1S/C28H28BrN3O5S/c29-22-12-14-23(15-13-22)38(35,36)31-16-6-9-21(18-31)28(34)32-19-26(37-25-11-5-4-10-24(25)32)27(33)30-17-20-7-2-1-3-8-20/h1-5,7-8,10-15,21,26H,6,9,16-19H2,(H,30,33)/t21-,26-/m1/s1. The normalized spacial score (nSPS) is 19.8. The maximum absolute atomic E-state index is 13.8. The number of nitrogens with one attached hydrogen (secondary N) is 1. The highest BCUT2D eigenvalue weighted by molar-refractivity contribution is 9.10. The van der Waals surface area contributed by atoms with Gasteiger partial charge < -0.3 is 15.0 Å². The third-order valence-electron chi connectivity index (χ3n) is 6.83. The molecular weight excluding hydrogens is 570 g/mol. The number of ether oxygens (including phenoxy) is 1. The minimum Gasteiger partial charge on any atom is -0.477 e. The lowest BCUT2D eigenvalue weighted by molar-refractivity contribution is -0.129. The Morgan fingerprint density at radius 1 is 0.947 bits per heavy atom. The molecule has 0 saturated carbocycles. The fourth-order valence-corrected chi connectivity index (χ4v) is 6.60. The van der Waals surface area contributed by atoms with Gasteiger partial charge in [-0.05, 0) is 54.8 Å². The van der Waals surface area contributed by atoms with E-state index in [0.717, 1.165) is 10.0 Å². The summed E-state index contributed by atoms with van der Waals surface area (Å²) in [6, 6.07) is 23.2. The van der Waals surface area contributed by atoms with E-state index in [9.17, 15) is 18.0 Å². The number of nitrogens with zero attached hydrogens (tertiary/aromatic N) is 2. The molecule has 198 valence electrons. The van der Waals surface area contributed by atoms with Crippen LogP contribution < -0.4 is 15.0 Å². The first-order valence-electron chi connectivity index (χ1n) is 12.5. The average Bonchev–Trinajstić information content (AvgIpc) is 2.95. The Balaban J connectivity index is 1.32. The highest BCUT2D eigenvalue weighted by Gasteiger charge is 2.39. The number of benzene rings is 3. The second kappa shape index (κ2) is 11.3. The molecule has 0 radical (unpaired) electrons. The summed E-state index contributed by atoms with van der Waals surface area (Å²) in [6.45, 7) is 0.834. The van der Waals surface area contributed by atoms with Crippen molar-refractivity contribution in [2.75, 3.05) is 24.5 Å². The number of anilines is 1. The fourth-order valence-electron chi connectivity index (χ4n) is 4.82. The highest BCUT2D eigenvalue weighted by Crippen LogP contribution is 2.35. The minimum absolute atomic E-state index is 0.0480. The number of sulfonamides is 1. The van der Waals surface area contributed by atoms with E-state index in [0.29, 0.717) is 37.4 Å². The smallest absolute Gasteiger partial charge is 0.263 e. The number of hydrogen-bond acceptors (Lipinski definition) is 5. The van der Waals surface area contributed by atoms with Crippen LogP contribution in [-0.2, 0) is 26.2 Å². The van der Waals surface area contributed by atoms with Crippen molar-refractivity contribution in [2.45, 2.75) is 30.4 Å².